The molecule has 0 atom stereocenters. The molecule has 0 saturated heterocycles. The van der Waals surface area contributed by atoms with Gasteiger partial charge in [-0.3, -0.25) is 5.43 Å². The highest BCUT2D eigenvalue weighted by molar-refractivity contribution is 6.33. The summed E-state index contributed by atoms with van der Waals surface area (Å²) in [5.41, 5.74) is 4.59. The van der Waals surface area contributed by atoms with E-state index in [1.165, 1.54) is 0 Å². The van der Waals surface area contributed by atoms with Crippen molar-refractivity contribution in [3.63, 3.8) is 0 Å². The Morgan fingerprint density at radius 1 is 1.17 bits per heavy atom. The van der Waals surface area contributed by atoms with Crippen LogP contribution in [0.2, 0.25) is 5.02 Å². The van der Waals surface area contributed by atoms with Gasteiger partial charge in [-0.15, -0.1) is 0 Å². The third-order valence-electron chi connectivity index (χ3n) is 3.22. The number of rotatable bonds is 8. The van der Waals surface area contributed by atoms with Crippen molar-refractivity contribution in [3.05, 3.63) is 53.1 Å². The zero-order chi connectivity index (χ0) is 16.5. The molecule has 1 N–H and O–H groups in total. The monoisotopic (exact) mass is 332 g/mol. The first-order valence-corrected chi connectivity index (χ1v) is 7.97. The Morgan fingerprint density at radius 3 is 2.74 bits per heavy atom. The standard InChI is InChI=1S/C18H21ClN2O2/c1-3-4-11-23-17-10-9-14(12-18(17)22-2)13-20-21-16-8-6-5-7-15(16)19/h5-10,12-13,21H,3-4,11H2,1-2H3/b20-13-. The van der Waals surface area contributed by atoms with Crippen molar-refractivity contribution >= 4 is 23.5 Å². The second-order valence-corrected chi connectivity index (χ2v) is 5.37. The zero-order valence-electron chi connectivity index (χ0n) is 13.4. The number of unbranched alkanes of at least 4 members (excludes halogenated alkanes) is 1. The van der Waals surface area contributed by atoms with Crippen LogP contribution in [0, 0.1) is 0 Å². The molecule has 0 amide bonds. The molecule has 0 heterocycles. The zero-order valence-corrected chi connectivity index (χ0v) is 14.1. The second-order valence-electron chi connectivity index (χ2n) is 4.96. The van der Waals surface area contributed by atoms with Crippen LogP contribution < -0.4 is 14.9 Å². The van der Waals surface area contributed by atoms with Gasteiger partial charge in [-0.2, -0.15) is 5.10 Å². The van der Waals surface area contributed by atoms with Gasteiger partial charge in [-0.1, -0.05) is 37.1 Å². The Hall–Kier alpha value is -2.20. The predicted octanol–water partition coefficient (Wildman–Crippen LogP) is 4.97. The molecule has 0 aromatic heterocycles. The minimum Gasteiger partial charge on any atom is -0.493 e. The van der Waals surface area contributed by atoms with Crippen LogP contribution in [0.3, 0.4) is 0 Å². The third kappa shape index (κ3) is 5.18. The van der Waals surface area contributed by atoms with Gasteiger partial charge in [0.05, 0.1) is 30.6 Å². The highest BCUT2D eigenvalue weighted by Gasteiger charge is 2.04. The van der Waals surface area contributed by atoms with E-state index in [1.807, 2.05) is 42.5 Å². The van der Waals surface area contributed by atoms with Crippen molar-refractivity contribution < 1.29 is 9.47 Å². The average Bonchev–Trinajstić information content (AvgIpc) is 2.57. The maximum atomic E-state index is 6.06. The number of hydrazone groups is 1. The SMILES string of the molecule is CCCCOc1ccc(/C=N\Nc2ccccc2Cl)cc1OC. The molecule has 0 radical (unpaired) electrons. The van der Waals surface area contributed by atoms with Crippen LogP contribution in [-0.4, -0.2) is 19.9 Å². The smallest absolute Gasteiger partial charge is 0.161 e. The number of methoxy groups -OCH3 is 1. The van der Waals surface area contributed by atoms with Gasteiger partial charge in [0.25, 0.3) is 0 Å². The summed E-state index contributed by atoms with van der Waals surface area (Å²) in [5, 5.41) is 4.82. The minimum absolute atomic E-state index is 0.627. The molecule has 2 rings (SSSR count). The van der Waals surface area contributed by atoms with Gasteiger partial charge < -0.3 is 9.47 Å². The molecule has 0 aliphatic heterocycles. The third-order valence-corrected chi connectivity index (χ3v) is 3.55. The number of para-hydroxylation sites is 1. The fourth-order valence-corrected chi connectivity index (χ4v) is 2.12. The van der Waals surface area contributed by atoms with Crippen LogP contribution in [0.15, 0.2) is 47.6 Å². The summed E-state index contributed by atoms with van der Waals surface area (Å²) in [6.45, 7) is 2.82. The van der Waals surface area contributed by atoms with E-state index >= 15 is 0 Å². The number of nitrogens with one attached hydrogen (secondary N) is 1. The molecule has 0 aliphatic carbocycles. The molecule has 0 unspecified atom stereocenters. The number of nitrogens with zero attached hydrogens (tertiary/aromatic N) is 1. The maximum absolute atomic E-state index is 6.06. The molecule has 0 aliphatic rings. The van der Waals surface area contributed by atoms with E-state index in [0.29, 0.717) is 17.4 Å². The highest BCUT2D eigenvalue weighted by Crippen LogP contribution is 2.28. The topological polar surface area (TPSA) is 42.8 Å². The second kappa shape index (κ2) is 9.06. The molecule has 0 spiro atoms. The quantitative estimate of drug-likeness (QED) is 0.421. The van der Waals surface area contributed by atoms with Crippen LogP contribution in [0.5, 0.6) is 11.5 Å². The molecule has 0 fully saturated rings. The molecular formula is C18H21ClN2O2. The minimum atomic E-state index is 0.627. The summed E-state index contributed by atoms with van der Waals surface area (Å²) in [7, 11) is 1.63. The number of hydrogen-bond acceptors (Lipinski definition) is 4. The normalized spacial score (nSPS) is 10.7. The summed E-state index contributed by atoms with van der Waals surface area (Å²) in [4.78, 5) is 0. The first-order valence-electron chi connectivity index (χ1n) is 7.59. The van der Waals surface area contributed by atoms with Crippen LogP contribution in [0.1, 0.15) is 25.3 Å². The molecule has 0 saturated carbocycles. The number of benzene rings is 2. The van der Waals surface area contributed by atoms with Gasteiger partial charge in [0.2, 0.25) is 0 Å². The van der Waals surface area contributed by atoms with Gasteiger partial charge >= 0.3 is 0 Å². The Labute approximate surface area is 142 Å². The molecular weight excluding hydrogens is 312 g/mol. The molecule has 2 aromatic carbocycles. The van der Waals surface area contributed by atoms with Gasteiger partial charge in [0.15, 0.2) is 11.5 Å². The number of hydrogen-bond donors (Lipinski definition) is 1. The van der Waals surface area contributed by atoms with Gasteiger partial charge in [0.1, 0.15) is 0 Å². The fraction of sp³-hybridized carbons (Fsp3) is 0.278. The van der Waals surface area contributed by atoms with Crippen molar-refractivity contribution in [1.82, 2.24) is 0 Å². The Kier molecular flexibility index (Phi) is 6.76. The summed E-state index contributed by atoms with van der Waals surface area (Å²) < 4.78 is 11.1. The van der Waals surface area contributed by atoms with E-state index < -0.39 is 0 Å². The number of anilines is 1. The molecule has 122 valence electrons. The molecule has 4 nitrogen and oxygen atoms in total. The summed E-state index contributed by atoms with van der Waals surface area (Å²) in [6, 6.07) is 13.2. The predicted molar refractivity (Wildman–Crippen MR) is 96.1 cm³/mol. The van der Waals surface area contributed by atoms with E-state index in [4.69, 9.17) is 21.1 Å². The van der Waals surface area contributed by atoms with Crippen molar-refractivity contribution in [1.29, 1.82) is 0 Å². The summed E-state index contributed by atoms with van der Waals surface area (Å²) in [5.74, 6) is 1.44. The van der Waals surface area contributed by atoms with E-state index in [0.717, 1.165) is 29.8 Å². The van der Waals surface area contributed by atoms with Crippen molar-refractivity contribution in [2.45, 2.75) is 19.8 Å². The van der Waals surface area contributed by atoms with E-state index in [9.17, 15) is 0 Å². The van der Waals surface area contributed by atoms with Gasteiger partial charge in [-0.05, 0) is 42.3 Å². The first-order chi connectivity index (χ1) is 11.2. The summed E-state index contributed by atoms with van der Waals surface area (Å²) >= 11 is 6.06. The molecule has 2 aromatic rings. The molecule has 0 bridgehead atoms. The van der Waals surface area contributed by atoms with Crippen molar-refractivity contribution in [2.75, 3.05) is 19.1 Å². The molecule has 5 heteroatoms. The summed E-state index contributed by atoms with van der Waals surface area (Å²) in [6.07, 6.45) is 3.83. The van der Waals surface area contributed by atoms with E-state index in [1.54, 1.807) is 13.3 Å². The highest BCUT2D eigenvalue weighted by atomic mass is 35.5. The van der Waals surface area contributed by atoms with E-state index in [-0.39, 0.29) is 0 Å². The Bertz CT molecular complexity index is 659. The molecule has 23 heavy (non-hydrogen) atoms. The lowest BCUT2D eigenvalue weighted by molar-refractivity contribution is 0.288. The van der Waals surface area contributed by atoms with Crippen molar-refractivity contribution in [3.8, 4) is 11.5 Å². The lowest BCUT2D eigenvalue weighted by Gasteiger charge is -2.10. The lowest BCUT2D eigenvalue weighted by Crippen LogP contribution is -1.99. The Morgan fingerprint density at radius 2 is 2.00 bits per heavy atom. The number of halogens is 1. The fourth-order valence-electron chi connectivity index (χ4n) is 1.94. The first kappa shape index (κ1) is 17.2. The lowest BCUT2D eigenvalue weighted by atomic mass is 10.2. The van der Waals surface area contributed by atoms with Crippen LogP contribution in [-0.2, 0) is 0 Å². The van der Waals surface area contributed by atoms with Crippen molar-refractivity contribution in [2.24, 2.45) is 5.10 Å². The van der Waals surface area contributed by atoms with Gasteiger partial charge in [-0.25, -0.2) is 0 Å². The van der Waals surface area contributed by atoms with E-state index in [2.05, 4.69) is 17.5 Å². The van der Waals surface area contributed by atoms with Crippen LogP contribution in [0.4, 0.5) is 5.69 Å². The van der Waals surface area contributed by atoms with Gasteiger partial charge in [0, 0.05) is 0 Å². The van der Waals surface area contributed by atoms with Crippen LogP contribution in [0.25, 0.3) is 0 Å². The largest absolute Gasteiger partial charge is 0.493 e. The number of ether oxygens (including phenoxy) is 2. The maximum Gasteiger partial charge on any atom is 0.161 e. The Balaban J connectivity index is 2.02. The average molecular weight is 333 g/mol. The van der Waals surface area contributed by atoms with Crippen LogP contribution >= 0.6 is 11.6 Å².